The molecule has 0 fully saturated rings. The second-order valence-electron chi connectivity index (χ2n) is 6.83. The summed E-state index contributed by atoms with van der Waals surface area (Å²) in [6, 6.07) is 3.09. The summed E-state index contributed by atoms with van der Waals surface area (Å²) >= 11 is 0. The van der Waals surface area contributed by atoms with Crippen LogP contribution < -0.4 is 0 Å². The molecule has 0 unspecified atom stereocenters. The quantitative estimate of drug-likeness (QED) is 0.811. The first-order chi connectivity index (χ1) is 11.3. The zero-order valence-corrected chi connectivity index (χ0v) is 14.3. The van der Waals surface area contributed by atoms with Gasteiger partial charge >= 0.3 is 12.1 Å². The van der Waals surface area contributed by atoms with Gasteiger partial charge in [0.15, 0.2) is 0 Å². The lowest BCUT2D eigenvalue weighted by Gasteiger charge is -2.35. The van der Waals surface area contributed by atoms with Crippen LogP contribution in [0.5, 0.6) is 0 Å². The fourth-order valence-corrected chi connectivity index (χ4v) is 2.94. The Morgan fingerprint density at radius 3 is 2.79 bits per heavy atom. The summed E-state index contributed by atoms with van der Waals surface area (Å²) in [6.07, 6.45) is 1.54. The molecule has 0 saturated carbocycles. The van der Waals surface area contributed by atoms with Crippen LogP contribution in [0.2, 0.25) is 0 Å². The van der Waals surface area contributed by atoms with Crippen molar-refractivity contribution < 1.29 is 19.1 Å². The Kier molecular flexibility index (Phi) is 3.95. The SMILES string of the molecule is COC(=O)[C@@H]1Cc2c([nH]c3ncccc23)CN1C(=O)OC(C)(C)C. The van der Waals surface area contributed by atoms with Gasteiger partial charge in [0.1, 0.15) is 17.3 Å². The van der Waals surface area contributed by atoms with Crippen molar-refractivity contribution in [2.24, 2.45) is 0 Å². The number of rotatable bonds is 1. The van der Waals surface area contributed by atoms with Crippen LogP contribution in [0.15, 0.2) is 18.3 Å². The van der Waals surface area contributed by atoms with Gasteiger partial charge in [0, 0.05) is 23.7 Å². The van der Waals surface area contributed by atoms with Crippen molar-refractivity contribution in [2.75, 3.05) is 7.11 Å². The van der Waals surface area contributed by atoms with E-state index in [1.807, 2.05) is 12.1 Å². The number of H-pyrrole nitrogens is 1. The topological polar surface area (TPSA) is 84.5 Å². The number of aromatic amines is 1. The highest BCUT2D eigenvalue weighted by atomic mass is 16.6. The molecule has 0 aliphatic carbocycles. The number of fused-ring (bicyclic) bond motifs is 3. The Hall–Kier alpha value is -2.57. The molecule has 2 aromatic rings. The second kappa shape index (κ2) is 5.81. The minimum atomic E-state index is -0.712. The predicted octanol–water partition coefficient (Wildman–Crippen LogP) is 2.40. The first-order valence-corrected chi connectivity index (χ1v) is 7.82. The molecule has 1 atom stereocenters. The molecule has 24 heavy (non-hydrogen) atoms. The molecule has 3 heterocycles. The molecule has 0 spiro atoms. The minimum absolute atomic E-state index is 0.250. The summed E-state index contributed by atoms with van der Waals surface area (Å²) in [5.41, 5.74) is 1.97. The molecular weight excluding hydrogens is 310 g/mol. The van der Waals surface area contributed by atoms with E-state index in [0.29, 0.717) is 6.42 Å². The maximum atomic E-state index is 12.5. The Morgan fingerprint density at radius 2 is 2.12 bits per heavy atom. The fraction of sp³-hybridized carbons (Fsp3) is 0.471. The van der Waals surface area contributed by atoms with Gasteiger partial charge in [0.2, 0.25) is 0 Å². The number of hydrogen-bond acceptors (Lipinski definition) is 5. The van der Waals surface area contributed by atoms with E-state index in [-0.39, 0.29) is 6.54 Å². The number of amides is 1. The van der Waals surface area contributed by atoms with Gasteiger partial charge in [-0.05, 0) is 38.5 Å². The summed E-state index contributed by atoms with van der Waals surface area (Å²) in [6.45, 7) is 5.63. The lowest BCUT2D eigenvalue weighted by Crippen LogP contribution is -2.50. The number of nitrogens with zero attached hydrogens (tertiary/aromatic N) is 2. The standard InChI is InChI=1S/C17H21N3O4/c1-17(2,3)24-16(22)20-9-12-11(8-13(20)15(21)23-4)10-6-5-7-18-14(10)19-12/h5-7,13H,8-9H2,1-4H3,(H,18,19)/t13-/m0/s1. The Labute approximate surface area is 139 Å². The fourth-order valence-electron chi connectivity index (χ4n) is 2.94. The van der Waals surface area contributed by atoms with Crippen molar-refractivity contribution in [1.82, 2.24) is 14.9 Å². The maximum absolute atomic E-state index is 12.5. The van der Waals surface area contributed by atoms with Crippen LogP contribution in [0.25, 0.3) is 11.0 Å². The predicted molar refractivity (Wildman–Crippen MR) is 87.4 cm³/mol. The van der Waals surface area contributed by atoms with Crippen molar-refractivity contribution in [3.63, 3.8) is 0 Å². The Morgan fingerprint density at radius 1 is 1.38 bits per heavy atom. The number of ether oxygens (including phenoxy) is 2. The molecule has 0 bridgehead atoms. The highest BCUT2D eigenvalue weighted by Crippen LogP contribution is 2.30. The lowest BCUT2D eigenvalue weighted by atomic mass is 9.97. The van der Waals surface area contributed by atoms with Crippen molar-refractivity contribution in [1.29, 1.82) is 0 Å². The van der Waals surface area contributed by atoms with E-state index in [1.165, 1.54) is 12.0 Å². The number of hydrogen-bond donors (Lipinski definition) is 1. The van der Waals surface area contributed by atoms with Gasteiger partial charge in [-0.25, -0.2) is 14.6 Å². The summed E-state index contributed by atoms with van der Waals surface area (Å²) in [7, 11) is 1.32. The number of pyridine rings is 1. The van der Waals surface area contributed by atoms with Gasteiger partial charge in [-0.3, -0.25) is 4.90 Å². The largest absolute Gasteiger partial charge is 0.467 e. The Balaban J connectivity index is 1.99. The monoisotopic (exact) mass is 331 g/mol. The summed E-state index contributed by atoms with van der Waals surface area (Å²) in [5.74, 6) is -0.454. The van der Waals surface area contributed by atoms with E-state index in [9.17, 15) is 9.59 Å². The average molecular weight is 331 g/mol. The third kappa shape index (κ3) is 2.93. The molecule has 128 valence electrons. The smallest absolute Gasteiger partial charge is 0.411 e. The zero-order valence-electron chi connectivity index (χ0n) is 14.3. The minimum Gasteiger partial charge on any atom is -0.467 e. The van der Waals surface area contributed by atoms with Gasteiger partial charge in [0.05, 0.1) is 13.7 Å². The van der Waals surface area contributed by atoms with Gasteiger partial charge in [-0.15, -0.1) is 0 Å². The number of carbonyl (C=O) groups is 2. The van der Waals surface area contributed by atoms with Gasteiger partial charge in [-0.1, -0.05) is 0 Å². The summed E-state index contributed by atoms with van der Waals surface area (Å²) in [4.78, 5) is 33.7. The van der Waals surface area contributed by atoms with E-state index < -0.39 is 23.7 Å². The number of nitrogens with one attached hydrogen (secondary N) is 1. The molecule has 0 saturated heterocycles. The van der Waals surface area contributed by atoms with E-state index in [2.05, 4.69) is 9.97 Å². The second-order valence-corrected chi connectivity index (χ2v) is 6.83. The van der Waals surface area contributed by atoms with E-state index in [4.69, 9.17) is 9.47 Å². The van der Waals surface area contributed by atoms with Crippen LogP contribution in [0.4, 0.5) is 4.79 Å². The number of aromatic nitrogens is 2. The third-order valence-corrected chi connectivity index (χ3v) is 3.97. The first kappa shape index (κ1) is 16.3. The van der Waals surface area contributed by atoms with Crippen LogP contribution in [0, 0.1) is 0 Å². The summed E-state index contributed by atoms with van der Waals surface area (Å²) < 4.78 is 10.3. The van der Waals surface area contributed by atoms with Crippen LogP contribution in [0.3, 0.4) is 0 Å². The van der Waals surface area contributed by atoms with E-state index >= 15 is 0 Å². The number of carbonyl (C=O) groups excluding carboxylic acids is 2. The molecule has 0 aromatic carbocycles. The van der Waals surface area contributed by atoms with Crippen LogP contribution in [-0.4, -0.2) is 45.7 Å². The first-order valence-electron chi connectivity index (χ1n) is 7.82. The van der Waals surface area contributed by atoms with E-state index in [1.54, 1.807) is 27.0 Å². The van der Waals surface area contributed by atoms with E-state index in [0.717, 1.165) is 22.3 Å². The maximum Gasteiger partial charge on any atom is 0.411 e. The molecular formula is C17H21N3O4. The molecule has 3 rings (SSSR count). The normalized spacial score (nSPS) is 17.5. The van der Waals surface area contributed by atoms with Crippen molar-refractivity contribution in [3.05, 3.63) is 29.6 Å². The molecule has 1 N–H and O–H groups in total. The van der Waals surface area contributed by atoms with Crippen molar-refractivity contribution in [3.8, 4) is 0 Å². The van der Waals surface area contributed by atoms with Crippen molar-refractivity contribution >= 4 is 23.1 Å². The molecule has 2 aromatic heterocycles. The van der Waals surface area contributed by atoms with Crippen LogP contribution in [0.1, 0.15) is 32.0 Å². The van der Waals surface area contributed by atoms with Gasteiger partial charge in [-0.2, -0.15) is 0 Å². The highest BCUT2D eigenvalue weighted by molar-refractivity contribution is 5.87. The lowest BCUT2D eigenvalue weighted by molar-refractivity contribution is -0.147. The Bertz CT molecular complexity index is 791. The molecule has 0 radical (unpaired) electrons. The number of esters is 1. The van der Waals surface area contributed by atoms with Gasteiger partial charge in [0.25, 0.3) is 0 Å². The van der Waals surface area contributed by atoms with Crippen molar-refractivity contribution in [2.45, 2.75) is 45.4 Å². The van der Waals surface area contributed by atoms with Crippen LogP contribution >= 0.6 is 0 Å². The molecule has 1 amide bonds. The molecule has 7 heteroatoms. The molecule has 7 nitrogen and oxygen atoms in total. The highest BCUT2D eigenvalue weighted by Gasteiger charge is 2.39. The third-order valence-electron chi connectivity index (χ3n) is 3.97. The average Bonchev–Trinajstić information content (AvgIpc) is 2.89. The van der Waals surface area contributed by atoms with Crippen LogP contribution in [-0.2, 0) is 27.2 Å². The molecule has 1 aliphatic heterocycles. The molecule has 1 aliphatic rings. The number of methoxy groups -OCH3 is 1. The summed E-state index contributed by atoms with van der Waals surface area (Å²) in [5, 5.41) is 0.963. The van der Waals surface area contributed by atoms with Gasteiger partial charge < -0.3 is 14.5 Å². The zero-order chi connectivity index (χ0) is 17.5.